The molecule has 0 radical (unpaired) electrons. The van der Waals surface area contributed by atoms with Gasteiger partial charge in [0.2, 0.25) is 11.8 Å². The Kier molecular flexibility index (Phi) is 3.50. The molecule has 1 atom stereocenters. The molecule has 1 aliphatic rings. The van der Waals surface area contributed by atoms with Crippen molar-refractivity contribution >= 4 is 11.8 Å². The Balaban J connectivity index is 2.21. The van der Waals surface area contributed by atoms with Crippen LogP contribution in [0.25, 0.3) is 0 Å². The highest BCUT2D eigenvalue weighted by atomic mass is 16.7. The van der Waals surface area contributed by atoms with E-state index in [0.717, 1.165) is 11.1 Å². The zero-order valence-corrected chi connectivity index (χ0v) is 10.5. The summed E-state index contributed by atoms with van der Waals surface area (Å²) in [7, 11) is 0. The van der Waals surface area contributed by atoms with Crippen molar-refractivity contribution in [1.29, 1.82) is 0 Å². The fraction of sp³-hybridized carbons (Fsp3) is 0.385. The number of carbonyl (C=O) groups is 1. The van der Waals surface area contributed by atoms with Crippen LogP contribution < -0.4 is 5.73 Å². The minimum absolute atomic E-state index is 0.203. The van der Waals surface area contributed by atoms with Crippen LogP contribution in [0.1, 0.15) is 40.9 Å². The molecule has 0 bridgehead atoms. The number of ether oxygens (including phenoxy) is 1. The Labute approximate surface area is 106 Å². The molecule has 1 aromatic rings. The number of oxime groups is 1. The van der Waals surface area contributed by atoms with Gasteiger partial charge in [-0.05, 0) is 31.0 Å². The van der Waals surface area contributed by atoms with E-state index < -0.39 is 5.91 Å². The van der Waals surface area contributed by atoms with Gasteiger partial charge in [-0.1, -0.05) is 17.3 Å². The van der Waals surface area contributed by atoms with Gasteiger partial charge in [-0.2, -0.15) is 0 Å². The summed E-state index contributed by atoms with van der Waals surface area (Å²) in [5.74, 6) is 0.157. The lowest BCUT2D eigenvalue weighted by molar-refractivity contribution is 0.0846. The number of nitrogens with zero attached hydrogens (tertiary/aromatic N) is 1. The second-order valence-electron chi connectivity index (χ2n) is 4.10. The summed E-state index contributed by atoms with van der Waals surface area (Å²) in [6, 6.07) is 5.42. The summed E-state index contributed by atoms with van der Waals surface area (Å²) in [5.41, 5.74) is 7.60. The first-order valence-corrected chi connectivity index (χ1v) is 5.88. The van der Waals surface area contributed by atoms with Gasteiger partial charge >= 0.3 is 0 Å². The van der Waals surface area contributed by atoms with E-state index in [0.29, 0.717) is 24.5 Å². The Morgan fingerprint density at radius 3 is 3.06 bits per heavy atom. The van der Waals surface area contributed by atoms with E-state index in [4.69, 9.17) is 15.3 Å². The topological polar surface area (TPSA) is 73.9 Å². The summed E-state index contributed by atoms with van der Waals surface area (Å²) in [6.07, 6.45) is 0.377. The molecule has 0 spiro atoms. The molecule has 96 valence electrons. The molecule has 1 aliphatic heterocycles. The van der Waals surface area contributed by atoms with Gasteiger partial charge in [-0.3, -0.25) is 4.79 Å². The van der Waals surface area contributed by atoms with Crippen molar-refractivity contribution in [3.63, 3.8) is 0 Å². The largest absolute Gasteiger partial charge is 0.479 e. The molecule has 18 heavy (non-hydrogen) atoms. The molecule has 0 saturated carbocycles. The van der Waals surface area contributed by atoms with E-state index in [1.165, 1.54) is 0 Å². The van der Waals surface area contributed by atoms with Crippen molar-refractivity contribution < 1.29 is 14.4 Å². The number of primary amides is 1. The van der Waals surface area contributed by atoms with E-state index in [2.05, 4.69) is 5.16 Å². The molecule has 0 fully saturated rings. The van der Waals surface area contributed by atoms with Crippen LogP contribution in [0.3, 0.4) is 0 Å². The lowest BCUT2D eigenvalue weighted by Crippen LogP contribution is -2.14. The standard InChI is InChI=1S/C13H16N2O3/c1-3-17-12-7-11(18-15-12)9-5-4-6-10(8(9)2)13(14)16/h4-6,11H,3,7H2,1-2H3,(H2,14,16). The zero-order chi connectivity index (χ0) is 13.1. The quantitative estimate of drug-likeness (QED) is 0.887. The summed E-state index contributed by atoms with van der Waals surface area (Å²) < 4.78 is 5.31. The third-order valence-corrected chi connectivity index (χ3v) is 2.94. The molecule has 5 heteroatoms. The fourth-order valence-corrected chi connectivity index (χ4v) is 2.04. The van der Waals surface area contributed by atoms with Crippen molar-refractivity contribution in [2.24, 2.45) is 10.9 Å². The van der Waals surface area contributed by atoms with Crippen LogP contribution >= 0.6 is 0 Å². The van der Waals surface area contributed by atoms with E-state index >= 15 is 0 Å². The second kappa shape index (κ2) is 5.08. The lowest BCUT2D eigenvalue weighted by Gasteiger charge is -2.13. The first kappa shape index (κ1) is 12.4. The number of rotatable bonds is 3. The van der Waals surface area contributed by atoms with Crippen LogP contribution in [0.15, 0.2) is 23.4 Å². The van der Waals surface area contributed by atoms with Gasteiger partial charge in [0.05, 0.1) is 13.0 Å². The number of benzene rings is 1. The van der Waals surface area contributed by atoms with Crippen LogP contribution in [0.2, 0.25) is 0 Å². The average Bonchev–Trinajstić information content (AvgIpc) is 2.78. The Bertz CT molecular complexity index is 497. The van der Waals surface area contributed by atoms with Gasteiger partial charge in [0.1, 0.15) is 0 Å². The summed E-state index contributed by atoms with van der Waals surface area (Å²) in [6.45, 7) is 4.32. The Morgan fingerprint density at radius 2 is 2.39 bits per heavy atom. The van der Waals surface area contributed by atoms with Crippen molar-refractivity contribution in [2.45, 2.75) is 26.4 Å². The van der Waals surface area contributed by atoms with Crippen LogP contribution in [0.4, 0.5) is 0 Å². The smallest absolute Gasteiger partial charge is 0.248 e. The molecular weight excluding hydrogens is 232 g/mol. The van der Waals surface area contributed by atoms with E-state index in [9.17, 15) is 4.79 Å². The zero-order valence-electron chi connectivity index (χ0n) is 10.5. The molecule has 0 saturated heterocycles. The highest BCUT2D eigenvalue weighted by Gasteiger charge is 2.26. The first-order chi connectivity index (χ1) is 8.63. The SMILES string of the molecule is CCOC1=NOC(c2cccc(C(N)=O)c2C)C1. The molecule has 0 aliphatic carbocycles. The van der Waals surface area contributed by atoms with E-state index in [1.54, 1.807) is 12.1 Å². The van der Waals surface area contributed by atoms with Gasteiger partial charge in [-0.15, -0.1) is 0 Å². The number of nitrogens with two attached hydrogens (primary N) is 1. The molecule has 5 nitrogen and oxygen atoms in total. The molecule has 2 rings (SSSR count). The predicted octanol–water partition coefficient (Wildman–Crippen LogP) is 1.91. The number of amides is 1. The summed E-state index contributed by atoms with van der Waals surface area (Å²) in [5, 5.41) is 3.88. The Morgan fingerprint density at radius 1 is 1.61 bits per heavy atom. The maximum absolute atomic E-state index is 11.3. The molecule has 2 N–H and O–H groups in total. The van der Waals surface area contributed by atoms with Gasteiger partial charge in [0, 0.05) is 5.56 Å². The third-order valence-electron chi connectivity index (χ3n) is 2.94. The summed E-state index contributed by atoms with van der Waals surface area (Å²) >= 11 is 0. The molecule has 1 heterocycles. The third kappa shape index (κ3) is 2.30. The van der Waals surface area contributed by atoms with Crippen molar-refractivity contribution in [1.82, 2.24) is 0 Å². The van der Waals surface area contributed by atoms with Crippen LogP contribution in [0, 0.1) is 6.92 Å². The molecule has 1 amide bonds. The number of hydrogen-bond acceptors (Lipinski definition) is 4. The maximum atomic E-state index is 11.3. The summed E-state index contributed by atoms with van der Waals surface area (Å²) in [4.78, 5) is 16.6. The Hall–Kier alpha value is -2.04. The van der Waals surface area contributed by atoms with Crippen LogP contribution in [-0.4, -0.2) is 18.4 Å². The van der Waals surface area contributed by atoms with Gasteiger partial charge in [0.25, 0.3) is 0 Å². The number of hydrogen-bond donors (Lipinski definition) is 1. The fourth-order valence-electron chi connectivity index (χ4n) is 2.04. The highest BCUT2D eigenvalue weighted by Crippen LogP contribution is 2.30. The maximum Gasteiger partial charge on any atom is 0.248 e. The van der Waals surface area contributed by atoms with Crippen molar-refractivity contribution in [3.05, 3.63) is 34.9 Å². The van der Waals surface area contributed by atoms with E-state index in [-0.39, 0.29) is 6.10 Å². The van der Waals surface area contributed by atoms with Crippen molar-refractivity contribution in [3.8, 4) is 0 Å². The lowest BCUT2D eigenvalue weighted by atomic mass is 9.96. The predicted molar refractivity (Wildman–Crippen MR) is 67.2 cm³/mol. The second-order valence-corrected chi connectivity index (χ2v) is 4.10. The highest BCUT2D eigenvalue weighted by molar-refractivity contribution is 5.94. The molecular formula is C13H16N2O3. The minimum Gasteiger partial charge on any atom is -0.479 e. The number of carbonyl (C=O) groups excluding carboxylic acids is 1. The van der Waals surface area contributed by atoms with Gasteiger partial charge in [-0.25, -0.2) is 0 Å². The first-order valence-electron chi connectivity index (χ1n) is 5.88. The monoisotopic (exact) mass is 248 g/mol. The molecule has 0 aromatic heterocycles. The molecule has 1 unspecified atom stereocenters. The van der Waals surface area contributed by atoms with Gasteiger partial charge < -0.3 is 15.3 Å². The normalized spacial score (nSPS) is 18.1. The van der Waals surface area contributed by atoms with Gasteiger partial charge in [0.15, 0.2) is 6.10 Å². The molecule has 1 aromatic carbocycles. The van der Waals surface area contributed by atoms with Crippen LogP contribution in [-0.2, 0) is 9.57 Å². The van der Waals surface area contributed by atoms with Crippen molar-refractivity contribution in [2.75, 3.05) is 6.61 Å². The van der Waals surface area contributed by atoms with E-state index in [1.807, 2.05) is 19.9 Å². The minimum atomic E-state index is -0.432. The average molecular weight is 248 g/mol. The van der Waals surface area contributed by atoms with Crippen LogP contribution in [0.5, 0.6) is 0 Å².